The Balaban J connectivity index is 0.00000109. The minimum atomic E-state index is -5.08. The summed E-state index contributed by atoms with van der Waals surface area (Å²) >= 11 is 0. The zero-order valence-corrected chi connectivity index (χ0v) is 23.3. The van der Waals surface area contributed by atoms with Crippen LogP contribution in [0.4, 0.5) is 26.3 Å². The van der Waals surface area contributed by atoms with Crippen LogP contribution in [0.25, 0.3) is 0 Å². The van der Waals surface area contributed by atoms with Crippen LogP contribution in [-0.2, 0) is 32.1 Å². The molecule has 0 spiro atoms. The number of carboxylic acids is 2. The molecule has 2 aromatic rings. The van der Waals surface area contributed by atoms with Crippen molar-refractivity contribution < 1.29 is 60.5 Å². The molecule has 0 aromatic heterocycles. The molecule has 0 unspecified atom stereocenters. The molecule has 0 aliphatic heterocycles. The third kappa shape index (κ3) is 15.4. The zero-order valence-electron chi connectivity index (χ0n) is 23.3. The molecule has 0 saturated heterocycles. The first kappa shape index (κ1) is 39.1. The van der Waals surface area contributed by atoms with E-state index in [0.717, 1.165) is 11.1 Å². The van der Waals surface area contributed by atoms with Gasteiger partial charge < -0.3 is 37.1 Å². The van der Waals surface area contributed by atoms with Gasteiger partial charge in [-0.25, -0.2) is 9.59 Å². The van der Waals surface area contributed by atoms with E-state index in [4.69, 9.17) is 41.4 Å². The minimum Gasteiger partial charge on any atom is -0.496 e. The van der Waals surface area contributed by atoms with E-state index in [2.05, 4.69) is 10.6 Å². The highest BCUT2D eigenvalue weighted by molar-refractivity contribution is 5.95. The second-order valence-electron chi connectivity index (χ2n) is 8.62. The Hall–Kier alpha value is -4.87. The molecule has 244 valence electrons. The van der Waals surface area contributed by atoms with Crippen LogP contribution in [0.1, 0.15) is 30.0 Å². The lowest BCUT2D eigenvalue weighted by Crippen LogP contribution is -2.50. The maximum Gasteiger partial charge on any atom is 0.490 e. The van der Waals surface area contributed by atoms with Crippen molar-refractivity contribution in [1.29, 1.82) is 5.41 Å². The van der Waals surface area contributed by atoms with Crippen LogP contribution in [0.5, 0.6) is 5.75 Å². The van der Waals surface area contributed by atoms with Gasteiger partial charge in [0.15, 0.2) is 0 Å². The number of carbonyl (C=O) groups is 4. The Morgan fingerprint density at radius 3 is 1.86 bits per heavy atom. The van der Waals surface area contributed by atoms with Crippen LogP contribution >= 0.6 is 0 Å². The monoisotopic (exact) mass is 639 g/mol. The SMILES string of the molecule is COc1cc(C(=N)N)ccc1CNC(=O)[C@H](C)NC(=O)[C@H](N)CCc1ccccc1.O=C(O)C(F)(F)F.O=C(O)C(F)(F)F. The standard InChI is InChI=1S/C22H29N5O3.2C2HF3O2/c1-14(27-22(29)18(23)11-8-15-6-4-3-5-7-15)21(28)26-13-17-10-9-16(20(24)25)12-19(17)30-2;2*3-2(4,5)1(6)7/h3-7,9-10,12,14,18H,8,11,13,23H2,1-2H3,(H3,24,25)(H,26,28)(H,27,29);2*(H,6,7)/t14-,18+;;/m0../s1. The van der Waals surface area contributed by atoms with E-state index < -0.39 is 36.4 Å². The highest BCUT2D eigenvalue weighted by Gasteiger charge is 2.38. The van der Waals surface area contributed by atoms with Gasteiger partial charge >= 0.3 is 24.3 Å². The van der Waals surface area contributed by atoms with Crippen LogP contribution in [0.15, 0.2) is 48.5 Å². The number of hydrogen-bond acceptors (Lipinski definition) is 7. The average molecular weight is 640 g/mol. The highest BCUT2D eigenvalue weighted by Crippen LogP contribution is 2.20. The smallest absolute Gasteiger partial charge is 0.490 e. The van der Waals surface area contributed by atoms with Crippen molar-refractivity contribution in [2.75, 3.05) is 7.11 Å². The van der Waals surface area contributed by atoms with Gasteiger partial charge in [-0.15, -0.1) is 0 Å². The molecule has 9 N–H and O–H groups in total. The molecular formula is C26H31F6N5O7. The number of nitrogens with one attached hydrogen (secondary N) is 3. The minimum absolute atomic E-state index is 0.0659. The molecule has 0 heterocycles. The largest absolute Gasteiger partial charge is 0.496 e. The van der Waals surface area contributed by atoms with Crippen molar-refractivity contribution in [2.24, 2.45) is 11.5 Å². The topological polar surface area (TPSA) is 218 Å². The summed E-state index contributed by atoms with van der Waals surface area (Å²) in [6, 6.07) is 13.4. The van der Waals surface area contributed by atoms with Gasteiger partial charge in [0, 0.05) is 17.7 Å². The number of ether oxygens (including phenoxy) is 1. The first-order chi connectivity index (χ1) is 20.2. The third-order valence-electron chi connectivity index (χ3n) is 5.21. The Kier molecular flexibility index (Phi) is 16.0. The molecule has 0 fully saturated rings. The summed E-state index contributed by atoms with van der Waals surface area (Å²) in [7, 11) is 1.50. The average Bonchev–Trinajstić information content (AvgIpc) is 2.94. The van der Waals surface area contributed by atoms with Crippen LogP contribution < -0.4 is 26.8 Å². The van der Waals surface area contributed by atoms with Crippen molar-refractivity contribution >= 4 is 29.6 Å². The molecule has 0 bridgehead atoms. The number of carbonyl (C=O) groups excluding carboxylic acids is 2. The quantitative estimate of drug-likeness (QED) is 0.115. The number of nitrogen functional groups attached to an aromatic ring is 1. The molecule has 0 saturated carbocycles. The molecule has 2 atom stereocenters. The van der Waals surface area contributed by atoms with Gasteiger partial charge in [-0.05, 0) is 31.4 Å². The number of methoxy groups -OCH3 is 1. The van der Waals surface area contributed by atoms with Gasteiger partial charge in [-0.2, -0.15) is 26.3 Å². The Morgan fingerprint density at radius 1 is 0.932 bits per heavy atom. The Bertz CT molecular complexity index is 1250. The summed E-state index contributed by atoms with van der Waals surface area (Å²) in [5.74, 6) is -5.76. The van der Waals surface area contributed by atoms with E-state index in [-0.39, 0.29) is 24.2 Å². The van der Waals surface area contributed by atoms with Crippen molar-refractivity contribution in [3.8, 4) is 5.75 Å². The number of hydrogen-bond donors (Lipinski definition) is 7. The number of amidine groups is 1. The number of halogens is 6. The maximum atomic E-state index is 12.4. The summed E-state index contributed by atoms with van der Waals surface area (Å²) in [5, 5.41) is 27.2. The molecular weight excluding hydrogens is 608 g/mol. The Labute approximate surface area is 246 Å². The van der Waals surface area contributed by atoms with Crippen molar-refractivity contribution in [2.45, 2.75) is 50.7 Å². The number of aryl methyl sites for hydroxylation is 1. The van der Waals surface area contributed by atoms with Crippen LogP contribution in [-0.4, -0.2) is 71.3 Å². The fourth-order valence-electron chi connectivity index (χ4n) is 2.88. The number of carboxylic acid groups (broad SMARTS) is 2. The lowest BCUT2D eigenvalue weighted by Gasteiger charge is -2.18. The van der Waals surface area contributed by atoms with E-state index in [9.17, 15) is 35.9 Å². The zero-order chi connectivity index (χ0) is 34.3. The van der Waals surface area contributed by atoms with Crippen LogP contribution in [0, 0.1) is 5.41 Å². The van der Waals surface area contributed by atoms with E-state index in [0.29, 0.717) is 24.2 Å². The first-order valence-corrected chi connectivity index (χ1v) is 12.2. The van der Waals surface area contributed by atoms with Gasteiger partial charge in [0.05, 0.1) is 13.2 Å². The van der Waals surface area contributed by atoms with Gasteiger partial charge in [0.1, 0.15) is 17.6 Å². The lowest BCUT2D eigenvalue weighted by atomic mass is 10.1. The van der Waals surface area contributed by atoms with E-state index >= 15 is 0 Å². The van der Waals surface area contributed by atoms with Crippen molar-refractivity contribution in [1.82, 2.24) is 10.6 Å². The lowest BCUT2D eigenvalue weighted by molar-refractivity contribution is -0.193. The number of benzene rings is 2. The molecule has 44 heavy (non-hydrogen) atoms. The molecule has 2 amide bonds. The fourth-order valence-corrected chi connectivity index (χ4v) is 2.88. The van der Waals surface area contributed by atoms with Crippen molar-refractivity contribution in [3.63, 3.8) is 0 Å². The summed E-state index contributed by atoms with van der Waals surface area (Å²) < 4.78 is 68.8. The molecule has 0 radical (unpaired) electrons. The molecule has 2 rings (SSSR count). The number of aliphatic carboxylic acids is 2. The van der Waals surface area contributed by atoms with E-state index in [1.807, 2.05) is 30.3 Å². The molecule has 18 heteroatoms. The van der Waals surface area contributed by atoms with E-state index in [1.165, 1.54) is 7.11 Å². The summed E-state index contributed by atoms with van der Waals surface area (Å²) in [6.07, 6.45) is -8.99. The number of nitrogens with two attached hydrogens (primary N) is 2. The molecule has 12 nitrogen and oxygen atoms in total. The highest BCUT2D eigenvalue weighted by atomic mass is 19.4. The molecule has 0 aliphatic rings. The molecule has 2 aromatic carbocycles. The van der Waals surface area contributed by atoms with Crippen LogP contribution in [0.2, 0.25) is 0 Å². The van der Waals surface area contributed by atoms with Crippen LogP contribution in [0.3, 0.4) is 0 Å². The van der Waals surface area contributed by atoms with Gasteiger partial charge in [0.25, 0.3) is 0 Å². The first-order valence-electron chi connectivity index (χ1n) is 12.2. The predicted octanol–water partition coefficient (Wildman–Crippen LogP) is 2.33. The van der Waals surface area contributed by atoms with E-state index in [1.54, 1.807) is 25.1 Å². The normalized spacial score (nSPS) is 12.1. The van der Waals surface area contributed by atoms with Gasteiger partial charge in [0.2, 0.25) is 11.8 Å². The summed E-state index contributed by atoms with van der Waals surface area (Å²) in [5.41, 5.74) is 13.8. The third-order valence-corrected chi connectivity index (χ3v) is 5.21. The maximum absolute atomic E-state index is 12.4. The Morgan fingerprint density at radius 2 is 1.43 bits per heavy atom. The second-order valence-corrected chi connectivity index (χ2v) is 8.62. The molecule has 0 aliphatic carbocycles. The number of alkyl halides is 6. The summed E-state index contributed by atoms with van der Waals surface area (Å²) in [4.78, 5) is 42.4. The predicted molar refractivity (Wildman–Crippen MR) is 144 cm³/mol. The van der Waals surface area contributed by atoms with Gasteiger partial charge in [-0.1, -0.05) is 42.5 Å². The second kappa shape index (κ2) is 17.9. The number of rotatable bonds is 10. The number of amides is 2. The van der Waals surface area contributed by atoms with Gasteiger partial charge in [-0.3, -0.25) is 15.0 Å². The summed E-state index contributed by atoms with van der Waals surface area (Å²) in [6.45, 7) is 1.81. The fraction of sp³-hybridized carbons (Fsp3) is 0.346. The van der Waals surface area contributed by atoms with Crippen molar-refractivity contribution in [3.05, 3.63) is 65.2 Å².